The fraction of sp³-hybridized carbons (Fsp3) is 0.381. The molecule has 27 heavy (non-hydrogen) atoms. The molecule has 1 N–H and O–H groups in total. The van der Waals surface area contributed by atoms with Gasteiger partial charge < -0.3 is 14.6 Å². The van der Waals surface area contributed by atoms with Crippen LogP contribution < -0.4 is 5.32 Å². The van der Waals surface area contributed by atoms with Crippen LogP contribution in [0.15, 0.2) is 42.7 Å². The standard InChI is InChI=1S/C21H24N4O2/c1-15(26)23-18-5-7-19-17(13-18)4-6-20(24-19)21-22-9-11-25(21)10-8-16-3-2-12-27-14-16/h4-7,9,11,13,16H,2-3,8,10,12,14H2,1H3,(H,23,26). The Morgan fingerprint density at radius 3 is 3.07 bits per heavy atom. The van der Waals surface area contributed by atoms with E-state index in [1.54, 1.807) is 0 Å². The predicted molar refractivity (Wildman–Crippen MR) is 105 cm³/mol. The van der Waals surface area contributed by atoms with Gasteiger partial charge in [0, 0.05) is 50.1 Å². The highest BCUT2D eigenvalue weighted by Crippen LogP contribution is 2.24. The van der Waals surface area contributed by atoms with Gasteiger partial charge in [0.25, 0.3) is 0 Å². The number of nitrogens with one attached hydrogen (secondary N) is 1. The van der Waals surface area contributed by atoms with Gasteiger partial charge >= 0.3 is 0 Å². The zero-order valence-corrected chi connectivity index (χ0v) is 15.5. The molecule has 6 heteroatoms. The Bertz CT molecular complexity index is 944. The van der Waals surface area contributed by atoms with Gasteiger partial charge in [-0.2, -0.15) is 0 Å². The van der Waals surface area contributed by atoms with Crippen LogP contribution in [0.4, 0.5) is 5.69 Å². The summed E-state index contributed by atoms with van der Waals surface area (Å²) >= 11 is 0. The average Bonchev–Trinajstić information content (AvgIpc) is 3.15. The summed E-state index contributed by atoms with van der Waals surface area (Å²) in [6.07, 6.45) is 7.35. The molecule has 2 aromatic heterocycles. The van der Waals surface area contributed by atoms with Crippen molar-refractivity contribution in [2.24, 2.45) is 5.92 Å². The molecule has 3 heterocycles. The number of anilines is 1. The first-order chi connectivity index (χ1) is 13.2. The summed E-state index contributed by atoms with van der Waals surface area (Å²) in [5.74, 6) is 1.44. The Morgan fingerprint density at radius 2 is 2.26 bits per heavy atom. The Kier molecular flexibility index (Phi) is 5.16. The van der Waals surface area contributed by atoms with Crippen molar-refractivity contribution in [3.63, 3.8) is 0 Å². The van der Waals surface area contributed by atoms with Crippen LogP contribution >= 0.6 is 0 Å². The number of benzene rings is 1. The topological polar surface area (TPSA) is 69.0 Å². The minimum absolute atomic E-state index is 0.0793. The first-order valence-corrected chi connectivity index (χ1v) is 9.47. The molecule has 1 fully saturated rings. The summed E-state index contributed by atoms with van der Waals surface area (Å²) in [4.78, 5) is 20.5. The van der Waals surface area contributed by atoms with Crippen LogP contribution in [0.2, 0.25) is 0 Å². The molecule has 1 aromatic carbocycles. The second-order valence-corrected chi connectivity index (χ2v) is 7.10. The minimum Gasteiger partial charge on any atom is -0.381 e. The number of nitrogens with zero attached hydrogens (tertiary/aromatic N) is 3. The molecular formula is C21H24N4O2. The van der Waals surface area contributed by atoms with E-state index in [-0.39, 0.29) is 5.91 Å². The van der Waals surface area contributed by atoms with Gasteiger partial charge in [0.15, 0.2) is 5.82 Å². The molecule has 4 rings (SSSR count). The van der Waals surface area contributed by atoms with Crippen molar-refractivity contribution < 1.29 is 9.53 Å². The molecule has 1 unspecified atom stereocenters. The van der Waals surface area contributed by atoms with Gasteiger partial charge in [-0.1, -0.05) is 6.07 Å². The van der Waals surface area contributed by atoms with E-state index in [1.807, 2.05) is 42.7 Å². The maximum absolute atomic E-state index is 11.2. The van der Waals surface area contributed by atoms with Crippen LogP contribution in [0.5, 0.6) is 0 Å². The summed E-state index contributed by atoms with van der Waals surface area (Å²) < 4.78 is 7.76. The van der Waals surface area contributed by atoms with Crippen molar-refractivity contribution in [1.82, 2.24) is 14.5 Å². The van der Waals surface area contributed by atoms with Gasteiger partial charge in [0.2, 0.25) is 5.91 Å². The van der Waals surface area contributed by atoms with E-state index in [4.69, 9.17) is 9.72 Å². The van der Waals surface area contributed by atoms with Crippen LogP contribution in [0.1, 0.15) is 26.2 Å². The third-order valence-corrected chi connectivity index (χ3v) is 4.99. The molecule has 0 aliphatic carbocycles. The molecular weight excluding hydrogens is 340 g/mol. The number of carbonyl (C=O) groups excluding carboxylic acids is 1. The average molecular weight is 364 g/mol. The largest absolute Gasteiger partial charge is 0.381 e. The SMILES string of the molecule is CC(=O)Nc1ccc2nc(-c3nccn3CCC3CCCOC3)ccc2c1. The molecule has 140 valence electrons. The predicted octanol–water partition coefficient (Wildman–Crippen LogP) is 3.87. The van der Waals surface area contributed by atoms with Gasteiger partial charge in [0.05, 0.1) is 5.52 Å². The second-order valence-electron chi connectivity index (χ2n) is 7.10. The van der Waals surface area contributed by atoms with Gasteiger partial charge in [-0.05, 0) is 49.4 Å². The lowest BCUT2D eigenvalue weighted by Gasteiger charge is -2.22. The van der Waals surface area contributed by atoms with E-state index in [1.165, 1.54) is 13.3 Å². The lowest BCUT2D eigenvalue weighted by atomic mass is 9.99. The first-order valence-electron chi connectivity index (χ1n) is 9.47. The normalized spacial score (nSPS) is 17.1. The fourth-order valence-electron chi connectivity index (χ4n) is 3.61. The Hall–Kier alpha value is -2.73. The smallest absolute Gasteiger partial charge is 0.221 e. The highest BCUT2D eigenvalue weighted by Gasteiger charge is 2.15. The number of amides is 1. The van der Waals surface area contributed by atoms with Crippen molar-refractivity contribution in [3.05, 3.63) is 42.7 Å². The van der Waals surface area contributed by atoms with Crippen molar-refractivity contribution in [2.75, 3.05) is 18.5 Å². The molecule has 1 aliphatic rings. The molecule has 0 bridgehead atoms. The van der Waals surface area contributed by atoms with Crippen LogP contribution in [-0.2, 0) is 16.1 Å². The van der Waals surface area contributed by atoms with Crippen LogP contribution in [-0.4, -0.2) is 33.7 Å². The van der Waals surface area contributed by atoms with Crippen LogP contribution in [0.3, 0.4) is 0 Å². The molecule has 1 aliphatic heterocycles. The van der Waals surface area contributed by atoms with E-state index in [9.17, 15) is 4.79 Å². The first kappa shape index (κ1) is 17.7. The third-order valence-electron chi connectivity index (χ3n) is 4.99. The molecule has 1 amide bonds. The van der Waals surface area contributed by atoms with Crippen LogP contribution in [0.25, 0.3) is 22.4 Å². The minimum atomic E-state index is -0.0793. The summed E-state index contributed by atoms with van der Waals surface area (Å²) in [5, 5.41) is 3.79. The number of aromatic nitrogens is 3. The maximum atomic E-state index is 11.2. The Morgan fingerprint density at radius 1 is 1.33 bits per heavy atom. The van der Waals surface area contributed by atoms with Crippen molar-refractivity contribution in [3.8, 4) is 11.5 Å². The zero-order valence-electron chi connectivity index (χ0n) is 15.5. The van der Waals surface area contributed by atoms with Gasteiger partial charge in [-0.3, -0.25) is 4.79 Å². The maximum Gasteiger partial charge on any atom is 0.221 e. The quantitative estimate of drug-likeness (QED) is 0.746. The van der Waals surface area contributed by atoms with Crippen molar-refractivity contribution in [2.45, 2.75) is 32.7 Å². The molecule has 0 spiro atoms. The number of hydrogen-bond acceptors (Lipinski definition) is 4. The van der Waals surface area contributed by atoms with Crippen molar-refractivity contribution in [1.29, 1.82) is 0 Å². The van der Waals surface area contributed by atoms with E-state index in [0.29, 0.717) is 5.92 Å². The number of carbonyl (C=O) groups is 1. The fourth-order valence-corrected chi connectivity index (χ4v) is 3.61. The number of imidazole rings is 1. The molecule has 1 atom stereocenters. The second kappa shape index (κ2) is 7.88. The van der Waals surface area contributed by atoms with Gasteiger partial charge in [-0.15, -0.1) is 0 Å². The van der Waals surface area contributed by atoms with Gasteiger partial charge in [-0.25, -0.2) is 9.97 Å². The van der Waals surface area contributed by atoms with E-state index < -0.39 is 0 Å². The number of aryl methyl sites for hydroxylation is 1. The van der Waals surface area contributed by atoms with Crippen LogP contribution in [0, 0.1) is 5.92 Å². The number of fused-ring (bicyclic) bond motifs is 1. The van der Waals surface area contributed by atoms with Crippen molar-refractivity contribution >= 4 is 22.5 Å². The number of pyridine rings is 1. The molecule has 6 nitrogen and oxygen atoms in total. The Labute approximate surface area is 158 Å². The number of ether oxygens (including phenoxy) is 1. The molecule has 3 aromatic rings. The number of hydrogen-bond donors (Lipinski definition) is 1. The third kappa shape index (κ3) is 4.17. The monoisotopic (exact) mass is 364 g/mol. The molecule has 0 radical (unpaired) electrons. The summed E-state index contributed by atoms with van der Waals surface area (Å²) in [5.41, 5.74) is 2.53. The summed E-state index contributed by atoms with van der Waals surface area (Å²) in [6.45, 7) is 4.20. The van der Waals surface area contributed by atoms with E-state index in [0.717, 1.165) is 60.7 Å². The Balaban J connectivity index is 1.53. The number of rotatable bonds is 5. The highest BCUT2D eigenvalue weighted by atomic mass is 16.5. The highest BCUT2D eigenvalue weighted by molar-refractivity contribution is 5.92. The summed E-state index contributed by atoms with van der Waals surface area (Å²) in [6, 6.07) is 9.75. The molecule has 0 saturated carbocycles. The van der Waals surface area contributed by atoms with E-state index >= 15 is 0 Å². The van der Waals surface area contributed by atoms with Gasteiger partial charge in [0.1, 0.15) is 5.69 Å². The zero-order chi connectivity index (χ0) is 18.6. The lowest BCUT2D eigenvalue weighted by Crippen LogP contribution is -2.19. The molecule has 1 saturated heterocycles. The summed E-state index contributed by atoms with van der Waals surface area (Å²) in [7, 11) is 0. The van der Waals surface area contributed by atoms with E-state index in [2.05, 4.69) is 14.9 Å². The lowest BCUT2D eigenvalue weighted by molar-refractivity contribution is -0.114.